The van der Waals surface area contributed by atoms with E-state index in [9.17, 15) is 0 Å². The van der Waals surface area contributed by atoms with Gasteiger partial charge in [0.2, 0.25) is 0 Å². The van der Waals surface area contributed by atoms with Gasteiger partial charge in [-0.15, -0.1) is 0 Å². The van der Waals surface area contributed by atoms with Gasteiger partial charge in [0.05, 0.1) is 0 Å². The number of anilines is 2. The highest BCUT2D eigenvalue weighted by Gasteiger charge is 2.21. The van der Waals surface area contributed by atoms with Crippen molar-refractivity contribution in [2.75, 3.05) is 30.4 Å². The molecule has 1 heterocycles. The number of hydrogen-bond acceptors (Lipinski definition) is 5. The molecule has 1 aromatic rings. The van der Waals surface area contributed by atoms with E-state index in [0.29, 0.717) is 12.6 Å². The van der Waals surface area contributed by atoms with Crippen LogP contribution in [-0.4, -0.2) is 36.1 Å². The second-order valence-corrected chi connectivity index (χ2v) is 4.24. The Morgan fingerprint density at radius 3 is 3.00 bits per heavy atom. The number of nitrogens with one attached hydrogen (secondary N) is 1. The summed E-state index contributed by atoms with van der Waals surface area (Å²) in [6.07, 6.45) is 5.09. The molecule has 1 fully saturated rings. The Morgan fingerprint density at radius 2 is 2.31 bits per heavy atom. The minimum Gasteiger partial charge on any atom is -0.367 e. The smallest absolute Gasteiger partial charge is 0.133 e. The van der Waals surface area contributed by atoms with Crippen molar-refractivity contribution < 1.29 is 0 Å². The molecule has 0 aromatic carbocycles. The normalized spacial score (nSPS) is 14.9. The van der Waals surface area contributed by atoms with E-state index >= 15 is 0 Å². The molecule has 0 unspecified atom stereocenters. The number of rotatable bonds is 6. The second-order valence-electron chi connectivity index (χ2n) is 4.24. The summed E-state index contributed by atoms with van der Waals surface area (Å²) in [5.41, 5.74) is 5.49. The summed E-state index contributed by atoms with van der Waals surface area (Å²) in [6, 6.07) is 2.62. The molecule has 1 aromatic heterocycles. The van der Waals surface area contributed by atoms with Crippen LogP contribution in [0.5, 0.6) is 0 Å². The van der Waals surface area contributed by atoms with Gasteiger partial charge in [-0.3, -0.25) is 0 Å². The van der Waals surface area contributed by atoms with Crippen LogP contribution in [0.2, 0.25) is 0 Å². The average Bonchev–Trinajstić information content (AvgIpc) is 3.10. The number of hydrogen-bond donors (Lipinski definition) is 2. The highest BCUT2D eigenvalue weighted by molar-refractivity contribution is 5.48. The van der Waals surface area contributed by atoms with Crippen LogP contribution in [0.4, 0.5) is 11.6 Å². The van der Waals surface area contributed by atoms with E-state index in [-0.39, 0.29) is 0 Å². The maximum atomic E-state index is 5.49. The van der Waals surface area contributed by atoms with Crippen LogP contribution in [-0.2, 0) is 0 Å². The molecule has 1 aliphatic carbocycles. The van der Waals surface area contributed by atoms with E-state index in [1.54, 1.807) is 6.33 Å². The van der Waals surface area contributed by atoms with Gasteiger partial charge < -0.3 is 16.0 Å². The zero-order valence-corrected chi connectivity index (χ0v) is 9.69. The first kappa shape index (κ1) is 11.1. The molecule has 3 N–H and O–H groups in total. The van der Waals surface area contributed by atoms with Gasteiger partial charge in [0.25, 0.3) is 0 Å². The van der Waals surface area contributed by atoms with E-state index in [2.05, 4.69) is 20.2 Å². The van der Waals surface area contributed by atoms with Crippen LogP contribution in [0.15, 0.2) is 12.4 Å². The molecular weight excluding hydrogens is 202 g/mol. The van der Waals surface area contributed by atoms with E-state index < -0.39 is 0 Å². The summed E-state index contributed by atoms with van der Waals surface area (Å²) in [6.45, 7) is 1.64. The lowest BCUT2D eigenvalue weighted by molar-refractivity contribution is 0.785. The van der Waals surface area contributed by atoms with Gasteiger partial charge in [-0.05, 0) is 25.8 Å². The molecule has 0 aliphatic heterocycles. The van der Waals surface area contributed by atoms with E-state index in [0.717, 1.165) is 24.6 Å². The Labute approximate surface area is 96.1 Å². The zero-order valence-electron chi connectivity index (χ0n) is 9.69. The van der Waals surface area contributed by atoms with Gasteiger partial charge in [-0.1, -0.05) is 0 Å². The Hall–Kier alpha value is -1.36. The molecule has 1 saturated carbocycles. The predicted molar refractivity (Wildman–Crippen MR) is 65.6 cm³/mol. The maximum Gasteiger partial charge on any atom is 0.133 e. The molecule has 0 amide bonds. The number of nitrogens with two attached hydrogens (primary N) is 1. The first-order valence-corrected chi connectivity index (χ1v) is 5.79. The number of nitrogens with zero attached hydrogens (tertiary/aromatic N) is 3. The van der Waals surface area contributed by atoms with Crippen molar-refractivity contribution in [3.8, 4) is 0 Å². The Balaban J connectivity index is 1.96. The lowest BCUT2D eigenvalue weighted by atomic mass is 10.4. The van der Waals surface area contributed by atoms with Crippen LogP contribution in [0.25, 0.3) is 0 Å². The summed E-state index contributed by atoms with van der Waals surface area (Å²) in [5, 5.41) is 3.36. The van der Waals surface area contributed by atoms with Crippen molar-refractivity contribution in [2.45, 2.75) is 25.3 Å². The molecular formula is C11H19N5. The lowest BCUT2D eigenvalue weighted by Gasteiger charge is -2.18. The van der Waals surface area contributed by atoms with E-state index in [4.69, 9.17) is 5.73 Å². The van der Waals surface area contributed by atoms with Crippen molar-refractivity contribution in [3.63, 3.8) is 0 Å². The fourth-order valence-electron chi connectivity index (χ4n) is 1.51. The third kappa shape index (κ3) is 3.06. The summed E-state index contributed by atoms with van der Waals surface area (Å²) in [4.78, 5) is 10.6. The average molecular weight is 221 g/mol. The monoisotopic (exact) mass is 221 g/mol. The Morgan fingerprint density at radius 1 is 1.50 bits per heavy atom. The standard InChI is InChI=1S/C11H19N5/c1-16(6-2-5-12)11-7-10(13-8-14-11)15-9-3-4-9/h7-9H,2-6,12H2,1H3,(H,13,14,15). The molecule has 1 aliphatic rings. The van der Waals surface area contributed by atoms with Crippen molar-refractivity contribution >= 4 is 11.6 Å². The third-order valence-electron chi connectivity index (χ3n) is 2.67. The number of aromatic nitrogens is 2. The fourth-order valence-corrected chi connectivity index (χ4v) is 1.51. The van der Waals surface area contributed by atoms with Gasteiger partial charge in [0.15, 0.2) is 0 Å². The van der Waals surface area contributed by atoms with Crippen LogP contribution >= 0.6 is 0 Å². The van der Waals surface area contributed by atoms with Gasteiger partial charge in [-0.2, -0.15) is 0 Å². The largest absolute Gasteiger partial charge is 0.367 e. The molecule has 5 heteroatoms. The van der Waals surface area contributed by atoms with Crippen molar-refractivity contribution in [3.05, 3.63) is 12.4 Å². The fraction of sp³-hybridized carbons (Fsp3) is 0.636. The highest BCUT2D eigenvalue weighted by atomic mass is 15.2. The van der Waals surface area contributed by atoms with Crippen molar-refractivity contribution in [2.24, 2.45) is 5.73 Å². The zero-order chi connectivity index (χ0) is 11.4. The topological polar surface area (TPSA) is 67.1 Å². The summed E-state index contributed by atoms with van der Waals surface area (Å²) in [5.74, 6) is 1.87. The van der Waals surface area contributed by atoms with E-state index in [1.807, 2.05) is 13.1 Å². The van der Waals surface area contributed by atoms with Crippen LogP contribution in [0.1, 0.15) is 19.3 Å². The van der Waals surface area contributed by atoms with E-state index in [1.165, 1.54) is 12.8 Å². The second kappa shape index (κ2) is 5.12. The van der Waals surface area contributed by atoms with Gasteiger partial charge in [-0.25, -0.2) is 9.97 Å². The summed E-state index contributed by atoms with van der Waals surface area (Å²) >= 11 is 0. The van der Waals surface area contributed by atoms with Crippen molar-refractivity contribution in [1.29, 1.82) is 0 Å². The molecule has 88 valence electrons. The quantitative estimate of drug-likeness (QED) is 0.745. The molecule has 0 radical (unpaired) electrons. The van der Waals surface area contributed by atoms with Crippen molar-refractivity contribution in [1.82, 2.24) is 9.97 Å². The predicted octanol–water partition coefficient (Wildman–Crippen LogP) is 0.836. The van der Waals surface area contributed by atoms with Gasteiger partial charge >= 0.3 is 0 Å². The molecule has 16 heavy (non-hydrogen) atoms. The van der Waals surface area contributed by atoms with Crippen LogP contribution < -0.4 is 16.0 Å². The molecule has 2 rings (SSSR count). The summed E-state index contributed by atoms with van der Waals surface area (Å²) in [7, 11) is 2.03. The molecule has 0 saturated heterocycles. The SMILES string of the molecule is CN(CCCN)c1cc(NC2CC2)ncn1. The minimum atomic E-state index is 0.622. The maximum absolute atomic E-state index is 5.49. The highest BCUT2D eigenvalue weighted by Crippen LogP contribution is 2.24. The molecule has 0 atom stereocenters. The minimum absolute atomic E-state index is 0.622. The molecule has 0 spiro atoms. The first-order valence-electron chi connectivity index (χ1n) is 5.79. The van der Waals surface area contributed by atoms with Gasteiger partial charge in [0.1, 0.15) is 18.0 Å². The Kier molecular flexibility index (Phi) is 3.56. The first-order chi connectivity index (χ1) is 7.79. The van der Waals surface area contributed by atoms with Gasteiger partial charge in [0, 0.05) is 25.7 Å². The molecule has 5 nitrogen and oxygen atoms in total. The Bertz CT molecular complexity index is 337. The third-order valence-corrected chi connectivity index (χ3v) is 2.67. The molecule has 0 bridgehead atoms. The van der Waals surface area contributed by atoms with Crippen LogP contribution in [0, 0.1) is 0 Å². The summed E-state index contributed by atoms with van der Waals surface area (Å²) < 4.78 is 0. The van der Waals surface area contributed by atoms with Crippen LogP contribution in [0.3, 0.4) is 0 Å². The lowest BCUT2D eigenvalue weighted by Crippen LogP contribution is -2.22.